The topological polar surface area (TPSA) is 55.4 Å². The number of aryl methyl sites for hydroxylation is 1. The molecule has 4 heteroatoms. The van der Waals surface area contributed by atoms with Crippen molar-refractivity contribution in [2.45, 2.75) is 19.9 Å². The number of carbonyl (C=O) groups is 2. The SMILES string of the molecule is CCc1cc(CNC(=O)C=O)ccc1OC. The second-order valence-electron chi connectivity index (χ2n) is 3.34. The van der Waals surface area contributed by atoms with E-state index in [4.69, 9.17) is 4.74 Å². The van der Waals surface area contributed by atoms with Gasteiger partial charge in [0.25, 0.3) is 5.91 Å². The minimum absolute atomic E-state index is 0.268. The average Bonchev–Trinajstić information content (AvgIpc) is 2.35. The zero-order chi connectivity index (χ0) is 12.0. The van der Waals surface area contributed by atoms with Crippen LogP contribution < -0.4 is 10.1 Å². The molecular formula is C12H15NO3. The molecule has 1 N–H and O–H groups in total. The fourth-order valence-electron chi connectivity index (χ4n) is 1.45. The zero-order valence-electron chi connectivity index (χ0n) is 9.45. The van der Waals surface area contributed by atoms with Crippen molar-refractivity contribution in [2.24, 2.45) is 0 Å². The van der Waals surface area contributed by atoms with Crippen LogP contribution in [-0.4, -0.2) is 19.3 Å². The Morgan fingerprint density at radius 2 is 2.25 bits per heavy atom. The van der Waals surface area contributed by atoms with Gasteiger partial charge in [0, 0.05) is 6.54 Å². The van der Waals surface area contributed by atoms with E-state index in [2.05, 4.69) is 5.32 Å². The molecule has 1 aromatic rings. The van der Waals surface area contributed by atoms with Crippen molar-refractivity contribution in [1.29, 1.82) is 0 Å². The summed E-state index contributed by atoms with van der Waals surface area (Å²) in [5.74, 6) is 0.238. The summed E-state index contributed by atoms with van der Waals surface area (Å²) in [4.78, 5) is 20.9. The third-order valence-electron chi connectivity index (χ3n) is 2.30. The van der Waals surface area contributed by atoms with Crippen molar-refractivity contribution in [3.8, 4) is 5.75 Å². The van der Waals surface area contributed by atoms with E-state index in [-0.39, 0.29) is 6.29 Å². The van der Waals surface area contributed by atoms with Gasteiger partial charge < -0.3 is 10.1 Å². The number of aldehydes is 1. The lowest BCUT2D eigenvalue weighted by Gasteiger charge is -2.09. The van der Waals surface area contributed by atoms with Gasteiger partial charge in [-0.1, -0.05) is 19.1 Å². The highest BCUT2D eigenvalue weighted by molar-refractivity contribution is 6.23. The molecule has 0 aliphatic heterocycles. The number of benzene rings is 1. The van der Waals surface area contributed by atoms with Crippen LogP contribution in [0.5, 0.6) is 5.75 Å². The van der Waals surface area contributed by atoms with Crippen LogP contribution in [0.3, 0.4) is 0 Å². The number of methoxy groups -OCH3 is 1. The summed E-state index contributed by atoms with van der Waals surface area (Å²) in [5, 5.41) is 2.49. The van der Waals surface area contributed by atoms with Crippen LogP contribution in [0.2, 0.25) is 0 Å². The zero-order valence-corrected chi connectivity index (χ0v) is 9.45. The lowest BCUT2D eigenvalue weighted by atomic mass is 10.1. The second kappa shape index (κ2) is 5.90. The third-order valence-corrected chi connectivity index (χ3v) is 2.30. The highest BCUT2D eigenvalue weighted by Crippen LogP contribution is 2.20. The van der Waals surface area contributed by atoms with E-state index in [1.165, 1.54) is 0 Å². The minimum atomic E-state index is -0.603. The maximum Gasteiger partial charge on any atom is 0.284 e. The predicted octanol–water partition coefficient (Wildman–Crippen LogP) is 1.07. The first kappa shape index (κ1) is 12.2. The quantitative estimate of drug-likeness (QED) is 0.597. The molecule has 16 heavy (non-hydrogen) atoms. The lowest BCUT2D eigenvalue weighted by molar-refractivity contribution is -0.131. The molecule has 0 saturated carbocycles. The highest BCUT2D eigenvalue weighted by atomic mass is 16.5. The number of amides is 1. The molecule has 4 nitrogen and oxygen atoms in total. The average molecular weight is 221 g/mol. The normalized spacial score (nSPS) is 9.62. The second-order valence-corrected chi connectivity index (χ2v) is 3.34. The molecule has 0 spiro atoms. The molecule has 0 saturated heterocycles. The predicted molar refractivity (Wildman–Crippen MR) is 60.3 cm³/mol. The molecule has 0 radical (unpaired) electrons. The van der Waals surface area contributed by atoms with Crippen LogP contribution in [0.25, 0.3) is 0 Å². The summed E-state index contributed by atoms with van der Waals surface area (Å²) in [5.41, 5.74) is 2.04. The molecule has 0 bridgehead atoms. The van der Waals surface area contributed by atoms with Gasteiger partial charge in [-0.3, -0.25) is 9.59 Å². The number of hydrogen-bond acceptors (Lipinski definition) is 3. The van der Waals surface area contributed by atoms with E-state index in [1.807, 2.05) is 25.1 Å². The Balaban J connectivity index is 2.75. The van der Waals surface area contributed by atoms with Crippen molar-refractivity contribution in [2.75, 3.05) is 7.11 Å². The van der Waals surface area contributed by atoms with Crippen molar-refractivity contribution < 1.29 is 14.3 Å². The van der Waals surface area contributed by atoms with Crippen LogP contribution in [0.1, 0.15) is 18.1 Å². The van der Waals surface area contributed by atoms with Crippen LogP contribution >= 0.6 is 0 Å². The Kier molecular flexibility index (Phi) is 4.51. The van der Waals surface area contributed by atoms with Gasteiger partial charge in [-0.05, 0) is 23.6 Å². The smallest absolute Gasteiger partial charge is 0.284 e. The lowest BCUT2D eigenvalue weighted by Crippen LogP contribution is -2.23. The monoisotopic (exact) mass is 221 g/mol. The molecule has 0 heterocycles. The fraction of sp³-hybridized carbons (Fsp3) is 0.333. The molecule has 0 unspecified atom stereocenters. The van der Waals surface area contributed by atoms with E-state index in [9.17, 15) is 9.59 Å². The molecule has 1 amide bonds. The molecule has 0 fully saturated rings. The summed E-state index contributed by atoms with van der Waals surface area (Å²) in [6.07, 6.45) is 1.13. The van der Waals surface area contributed by atoms with Gasteiger partial charge in [-0.2, -0.15) is 0 Å². The maximum atomic E-state index is 10.8. The highest BCUT2D eigenvalue weighted by Gasteiger charge is 2.03. The van der Waals surface area contributed by atoms with Gasteiger partial charge in [0.05, 0.1) is 7.11 Å². The van der Waals surface area contributed by atoms with E-state index < -0.39 is 5.91 Å². The van der Waals surface area contributed by atoms with Gasteiger partial charge in [0.1, 0.15) is 5.75 Å². The van der Waals surface area contributed by atoms with Gasteiger partial charge in [0.2, 0.25) is 6.29 Å². The largest absolute Gasteiger partial charge is 0.496 e. The van der Waals surface area contributed by atoms with E-state index >= 15 is 0 Å². The van der Waals surface area contributed by atoms with Crippen LogP contribution in [0.4, 0.5) is 0 Å². The summed E-state index contributed by atoms with van der Waals surface area (Å²) >= 11 is 0. The number of rotatable bonds is 5. The van der Waals surface area contributed by atoms with Gasteiger partial charge in [0.15, 0.2) is 0 Å². The number of hydrogen-bond donors (Lipinski definition) is 1. The summed E-state index contributed by atoms with van der Waals surface area (Å²) in [7, 11) is 1.63. The Morgan fingerprint density at radius 3 is 2.81 bits per heavy atom. The summed E-state index contributed by atoms with van der Waals surface area (Å²) in [6, 6.07) is 5.69. The number of carbonyl (C=O) groups excluding carboxylic acids is 2. The Bertz CT molecular complexity index is 388. The fourth-order valence-corrected chi connectivity index (χ4v) is 1.45. The van der Waals surface area contributed by atoms with Crippen LogP contribution in [0.15, 0.2) is 18.2 Å². The molecule has 0 aliphatic rings. The van der Waals surface area contributed by atoms with Crippen molar-refractivity contribution in [1.82, 2.24) is 5.32 Å². The van der Waals surface area contributed by atoms with Crippen LogP contribution in [-0.2, 0) is 22.6 Å². The van der Waals surface area contributed by atoms with Crippen LogP contribution in [0, 0.1) is 0 Å². The maximum absolute atomic E-state index is 10.8. The van der Waals surface area contributed by atoms with E-state index in [0.29, 0.717) is 6.54 Å². The molecule has 0 atom stereocenters. The first-order valence-electron chi connectivity index (χ1n) is 5.10. The minimum Gasteiger partial charge on any atom is -0.496 e. The molecule has 1 aromatic carbocycles. The molecule has 0 aliphatic carbocycles. The van der Waals surface area contributed by atoms with E-state index in [0.717, 1.165) is 23.3 Å². The van der Waals surface area contributed by atoms with Gasteiger partial charge >= 0.3 is 0 Å². The first-order chi connectivity index (χ1) is 7.71. The molecule has 0 aromatic heterocycles. The van der Waals surface area contributed by atoms with Gasteiger partial charge in [-0.25, -0.2) is 0 Å². The number of ether oxygens (including phenoxy) is 1. The van der Waals surface area contributed by atoms with Gasteiger partial charge in [-0.15, -0.1) is 0 Å². The molecule has 1 rings (SSSR count). The van der Waals surface area contributed by atoms with Crippen molar-refractivity contribution in [3.63, 3.8) is 0 Å². The third kappa shape index (κ3) is 3.08. The van der Waals surface area contributed by atoms with Crippen molar-refractivity contribution in [3.05, 3.63) is 29.3 Å². The molecule has 86 valence electrons. The Hall–Kier alpha value is -1.84. The Labute approximate surface area is 94.6 Å². The summed E-state index contributed by atoms with van der Waals surface area (Å²) in [6.45, 7) is 2.39. The van der Waals surface area contributed by atoms with E-state index in [1.54, 1.807) is 7.11 Å². The first-order valence-corrected chi connectivity index (χ1v) is 5.10. The standard InChI is InChI=1S/C12H15NO3/c1-3-10-6-9(4-5-11(10)16-2)7-13-12(15)8-14/h4-6,8H,3,7H2,1-2H3,(H,13,15). The van der Waals surface area contributed by atoms with Crippen molar-refractivity contribution >= 4 is 12.2 Å². The summed E-state index contributed by atoms with van der Waals surface area (Å²) < 4.78 is 5.19. The molecular weight excluding hydrogens is 206 g/mol. The number of nitrogens with one attached hydrogen (secondary N) is 1. The Morgan fingerprint density at radius 1 is 1.50 bits per heavy atom.